The summed E-state index contributed by atoms with van der Waals surface area (Å²) in [6, 6.07) is 8.86. The van der Waals surface area contributed by atoms with Gasteiger partial charge in [-0.1, -0.05) is 5.16 Å². The summed E-state index contributed by atoms with van der Waals surface area (Å²) in [6.45, 7) is -0.0984. The molecule has 3 aromatic rings. The van der Waals surface area contributed by atoms with Gasteiger partial charge in [0.15, 0.2) is 12.4 Å². The third kappa shape index (κ3) is 3.70. The summed E-state index contributed by atoms with van der Waals surface area (Å²) in [5.74, 6) is 2.67. The normalized spacial score (nSPS) is 13.4. The molecule has 1 saturated carbocycles. The van der Waals surface area contributed by atoms with Gasteiger partial charge in [-0.3, -0.25) is 4.79 Å². The van der Waals surface area contributed by atoms with Crippen LogP contribution in [0, 0.1) is 0 Å². The SMILES string of the molecule is COc1ccc(OCC(=O)Nc2ccsc2-c2nc(C3CC3)no2)cc1. The maximum atomic E-state index is 12.2. The second kappa shape index (κ2) is 7.17. The first kappa shape index (κ1) is 16.6. The number of hydrogen-bond donors (Lipinski definition) is 1. The number of hydrogen-bond acceptors (Lipinski definition) is 7. The van der Waals surface area contributed by atoms with E-state index in [2.05, 4.69) is 15.5 Å². The van der Waals surface area contributed by atoms with E-state index in [0.29, 0.717) is 23.2 Å². The number of benzene rings is 1. The molecule has 0 aliphatic heterocycles. The highest BCUT2D eigenvalue weighted by molar-refractivity contribution is 7.14. The van der Waals surface area contributed by atoms with Gasteiger partial charge in [-0.2, -0.15) is 4.98 Å². The Kier molecular flexibility index (Phi) is 4.57. The minimum atomic E-state index is -0.262. The van der Waals surface area contributed by atoms with Gasteiger partial charge in [-0.15, -0.1) is 11.3 Å². The molecule has 1 aliphatic rings. The molecule has 2 aromatic heterocycles. The van der Waals surface area contributed by atoms with Gasteiger partial charge in [0.1, 0.15) is 16.4 Å². The van der Waals surface area contributed by atoms with Gasteiger partial charge in [0, 0.05) is 5.92 Å². The Morgan fingerprint density at radius 3 is 2.77 bits per heavy atom. The Morgan fingerprint density at radius 2 is 2.04 bits per heavy atom. The number of ether oxygens (including phenoxy) is 2. The Bertz CT molecular complexity index is 899. The quantitative estimate of drug-likeness (QED) is 0.681. The molecule has 4 rings (SSSR count). The first-order valence-electron chi connectivity index (χ1n) is 8.21. The zero-order valence-corrected chi connectivity index (χ0v) is 14.9. The smallest absolute Gasteiger partial charge is 0.270 e. The van der Waals surface area contributed by atoms with Gasteiger partial charge >= 0.3 is 0 Å². The van der Waals surface area contributed by atoms with E-state index in [1.165, 1.54) is 11.3 Å². The highest BCUT2D eigenvalue weighted by Crippen LogP contribution is 2.40. The van der Waals surface area contributed by atoms with Crippen LogP contribution in [0.5, 0.6) is 11.5 Å². The number of nitrogens with zero attached hydrogens (tertiary/aromatic N) is 2. The third-order valence-corrected chi connectivity index (χ3v) is 4.85. The maximum absolute atomic E-state index is 12.2. The van der Waals surface area contributed by atoms with Crippen LogP contribution in [0.4, 0.5) is 5.69 Å². The topological polar surface area (TPSA) is 86.5 Å². The molecule has 0 radical (unpaired) electrons. The molecule has 0 spiro atoms. The van der Waals surface area contributed by atoms with Crippen LogP contribution in [0.2, 0.25) is 0 Å². The van der Waals surface area contributed by atoms with Crippen LogP contribution >= 0.6 is 11.3 Å². The molecule has 0 unspecified atom stereocenters. The van der Waals surface area contributed by atoms with E-state index in [9.17, 15) is 4.79 Å². The molecule has 0 saturated heterocycles. The van der Waals surface area contributed by atoms with Gasteiger partial charge < -0.3 is 19.3 Å². The molecule has 1 amide bonds. The van der Waals surface area contributed by atoms with Gasteiger partial charge in [0.25, 0.3) is 11.8 Å². The highest BCUT2D eigenvalue weighted by Gasteiger charge is 2.29. The zero-order valence-electron chi connectivity index (χ0n) is 14.1. The second-order valence-corrected chi connectivity index (χ2v) is 6.82. The van der Waals surface area contributed by atoms with Crippen LogP contribution in [0.15, 0.2) is 40.2 Å². The number of amides is 1. The summed E-state index contributed by atoms with van der Waals surface area (Å²) < 4.78 is 15.9. The van der Waals surface area contributed by atoms with Gasteiger partial charge in [-0.25, -0.2) is 0 Å². The van der Waals surface area contributed by atoms with Crippen LogP contribution in [-0.2, 0) is 4.79 Å². The predicted octanol–water partition coefficient (Wildman–Crippen LogP) is 3.70. The average Bonchev–Trinajstić information content (AvgIpc) is 3.22. The fourth-order valence-corrected chi connectivity index (χ4v) is 3.18. The van der Waals surface area contributed by atoms with Crippen molar-refractivity contribution in [2.45, 2.75) is 18.8 Å². The first-order chi connectivity index (χ1) is 12.7. The van der Waals surface area contributed by atoms with E-state index in [4.69, 9.17) is 14.0 Å². The molecule has 134 valence electrons. The van der Waals surface area contributed by atoms with Gasteiger partial charge in [0.2, 0.25) is 0 Å². The van der Waals surface area contributed by atoms with E-state index in [0.717, 1.165) is 29.3 Å². The lowest BCUT2D eigenvalue weighted by Gasteiger charge is -2.08. The van der Waals surface area contributed by atoms with E-state index in [-0.39, 0.29) is 12.5 Å². The van der Waals surface area contributed by atoms with Crippen molar-refractivity contribution in [3.8, 4) is 22.3 Å². The standard InChI is InChI=1S/C18H17N3O4S/c1-23-12-4-6-13(7-5-12)24-10-15(22)19-14-8-9-26-16(14)18-20-17(21-25-18)11-2-3-11/h4-9,11H,2-3,10H2,1H3,(H,19,22). The van der Waals surface area contributed by atoms with Gasteiger partial charge in [0.05, 0.1) is 12.8 Å². The Balaban J connectivity index is 1.37. The number of anilines is 1. The molecule has 26 heavy (non-hydrogen) atoms. The Labute approximate surface area is 153 Å². The molecule has 0 atom stereocenters. The summed E-state index contributed by atoms with van der Waals surface area (Å²) in [6.07, 6.45) is 2.21. The number of carbonyl (C=O) groups excluding carboxylic acids is 1. The second-order valence-electron chi connectivity index (χ2n) is 5.91. The van der Waals surface area contributed by atoms with E-state index >= 15 is 0 Å². The number of thiophene rings is 1. The van der Waals surface area contributed by atoms with Crippen LogP contribution in [-0.4, -0.2) is 29.8 Å². The lowest BCUT2D eigenvalue weighted by molar-refractivity contribution is -0.118. The van der Waals surface area contributed by atoms with Crippen molar-refractivity contribution >= 4 is 22.9 Å². The minimum Gasteiger partial charge on any atom is -0.497 e. The van der Waals surface area contributed by atoms with Crippen LogP contribution < -0.4 is 14.8 Å². The fraction of sp³-hybridized carbons (Fsp3) is 0.278. The molecule has 1 aliphatic carbocycles. The predicted molar refractivity (Wildman–Crippen MR) is 96.7 cm³/mol. The van der Waals surface area contributed by atoms with Crippen molar-refractivity contribution in [3.05, 3.63) is 41.5 Å². The van der Waals surface area contributed by atoms with Crippen molar-refractivity contribution in [1.82, 2.24) is 10.1 Å². The number of rotatable bonds is 7. The van der Waals surface area contributed by atoms with Crippen molar-refractivity contribution in [2.75, 3.05) is 19.0 Å². The van der Waals surface area contributed by atoms with E-state index in [1.807, 2.05) is 11.4 Å². The van der Waals surface area contributed by atoms with Crippen molar-refractivity contribution in [2.24, 2.45) is 0 Å². The minimum absolute atomic E-state index is 0.0984. The number of nitrogens with one attached hydrogen (secondary N) is 1. The summed E-state index contributed by atoms with van der Waals surface area (Å²) in [4.78, 5) is 17.4. The summed E-state index contributed by atoms with van der Waals surface area (Å²) in [5.41, 5.74) is 0.643. The lowest BCUT2D eigenvalue weighted by atomic mass is 10.3. The zero-order chi connectivity index (χ0) is 17.9. The van der Waals surface area contributed by atoms with Crippen molar-refractivity contribution in [1.29, 1.82) is 0 Å². The number of methoxy groups -OCH3 is 1. The largest absolute Gasteiger partial charge is 0.497 e. The Morgan fingerprint density at radius 1 is 1.27 bits per heavy atom. The summed E-state index contributed by atoms with van der Waals surface area (Å²) in [5, 5.41) is 8.72. The first-order valence-corrected chi connectivity index (χ1v) is 9.09. The number of carbonyl (C=O) groups is 1. The van der Waals surface area contributed by atoms with E-state index < -0.39 is 0 Å². The summed E-state index contributed by atoms with van der Waals surface area (Å²) in [7, 11) is 1.60. The fourth-order valence-electron chi connectivity index (χ4n) is 2.41. The molecule has 8 heteroatoms. The molecule has 0 bridgehead atoms. The van der Waals surface area contributed by atoms with Crippen LogP contribution in [0.3, 0.4) is 0 Å². The number of aromatic nitrogens is 2. The van der Waals surface area contributed by atoms with E-state index in [1.54, 1.807) is 31.4 Å². The van der Waals surface area contributed by atoms with Crippen molar-refractivity contribution < 1.29 is 18.8 Å². The molecule has 2 heterocycles. The van der Waals surface area contributed by atoms with Crippen LogP contribution in [0.25, 0.3) is 10.8 Å². The monoisotopic (exact) mass is 371 g/mol. The summed E-state index contributed by atoms with van der Waals surface area (Å²) >= 11 is 1.44. The lowest BCUT2D eigenvalue weighted by Crippen LogP contribution is -2.20. The highest BCUT2D eigenvalue weighted by atomic mass is 32.1. The van der Waals surface area contributed by atoms with Gasteiger partial charge in [-0.05, 0) is 48.6 Å². The average molecular weight is 371 g/mol. The Hall–Kier alpha value is -2.87. The molecule has 7 nitrogen and oxygen atoms in total. The third-order valence-electron chi connectivity index (χ3n) is 3.95. The maximum Gasteiger partial charge on any atom is 0.270 e. The molecule has 1 fully saturated rings. The molecule has 1 aromatic carbocycles. The molecule has 1 N–H and O–H groups in total. The molecular formula is C18H17N3O4S. The molecular weight excluding hydrogens is 354 g/mol. The van der Waals surface area contributed by atoms with Crippen molar-refractivity contribution in [3.63, 3.8) is 0 Å². The van der Waals surface area contributed by atoms with Crippen LogP contribution in [0.1, 0.15) is 24.6 Å².